The Kier molecular flexibility index (Phi) is 6.06. The van der Waals surface area contributed by atoms with E-state index in [1.54, 1.807) is 29.3 Å². The molecule has 0 radical (unpaired) electrons. The number of benzene rings is 1. The maximum absolute atomic E-state index is 12.6. The summed E-state index contributed by atoms with van der Waals surface area (Å²) in [6, 6.07) is 12.9. The highest BCUT2D eigenvalue weighted by Crippen LogP contribution is 2.15. The summed E-state index contributed by atoms with van der Waals surface area (Å²) in [6.45, 7) is 6.12. The quantitative estimate of drug-likeness (QED) is 0.814. The molecule has 0 bridgehead atoms. The fraction of sp³-hybridized carbons (Fsp3) is 0.381. The summed E-state index contributed by atoms with van der Waals surface area (Å²) in [5.41, 5.74) is 1.41. The third kappa shape index (κ3) is 5.06. The summed E-state index contributed by atoms with van der Waals surface area (Å²) >= 11 is 0. The van der Waals surface area contributed by atoms with Crippen LogP contribution < -0.4 is 4.74 Å². The van der Waals surface area contributed by atoms with Gasteiger partial charge in [0.1, 0.15) is 11.4 Å². The molecule has 1 saturated heterocycles. The summed E-state index contributed by atoms with van der Waals surface area (Å²) in [5, 5.41) is 0. The third-order valence-corrected chi connectivity index (χ3v) is 4.45. The predicted octanol–water partition coefficient (Wildman–Crippen LogP) is 2.40. The van der Waals surface area contributed by atoms with E-state index in [1.165, 1.54) is 0 Å². The summed E-state index contributed by atoms with van der Waals surface area (Å²) < 4.78 is 5.62. The second-order valence-electron chi connectivity index (χ2n) is 6.88. The van der Waals surface area contributed by atoms with Gasteiger partial charge in [-0.3, -0.25) is 14.6 Å². The van der Waals surface area contributed by atoms with E-state index in [0.29, 0.717) is 38.3 Å². The zero-order valence-corrected chi connectivity index (χ0v) is 15.8. The molecule has 1 aliphatic heterocycles. The molecule has 0 atom stereocenters. The number of aromatic nitrogens is 1. The molecule has 3 rings (SSSR count). The largest absolute Gasteiger partial charge is 0.491 e. The van der Waals surface area contributed by atoms with Crippen LogP contribution in [0, 0.1) is 0 Å². The topological polar surface area (TPSA) is 62.7 Å². The van der Waals surface area contributed by atoms with Crippen LogP contribution in [0.2, 0.25) is 0 Å². The number of piperazine rings is 1. The van der Waals surface area contributed by atoms with Crippen LogP contribution in [0.3, 0.4) is 0 Å². The maximum atomic E-state index is 12.6. The molecule has 0 saturated carbocycles. The van der Waals surface area contributed by atoms with Gasteiger partial charge in [-0.15, -0.1) is 0 Å². The van der Waals surface area contributed by atoms with Crippen molar-refractivity contribution in [2.75, 3.05) is 26.2 Å². The van der Waals surface area contributed by atoms with Gasteiger partial charge in [0.2, 0.25) is 5.91 Å². The molecule has 6 nitrogen and oxygen atoms in total. The molecule has 2 amide bonds. The highest BCUT2D eigenvalue weighted by Gasteiger charge is 2.25. The predicted molar refractivity (Wildman–Crippen MR) is 103 cm³/mol. The van der Waals surface area contributed by atoms with Gasteiger partial charge < -0.3 is 14.5 Å². The first-order valence-electron chi connectivity index (χ1n) is 9.26. The van der Waals surface area contributed by atoms with Crippen LogP contribution in [0.15, 0.2) is 48.7 Å². The van der Waals surface area contributed by atoms with Gasteiger partial charge in [0.15, 0.2) is 0 Å². The van der Waals surface area contributed by atoms with Gasteiger partial charge in [0, 0.05) is 32.4 Å². The van der Waals surface area contributed by atoms with E-state index in [9.17, 15) is 9.59 Å². The van der Waals surface area contributed by atoms with Gasteiger partial charge in [0.05, 0.1) is 12.5 Å². The molecular formula is C21H25N3O3. The first-order chi connectivity index (χ1) is 13.0. The average molecular weight is 367 g/mol. The second kappa shape index (κ2) is 8.66. The Hall–Kier alpha value is -2.89. The van der Waals surface area contributed by atoms with E-state index in [4.69, 9.17) is 4.74 Å². The Morgan fingerprint density at radius 2 is 1.67 bits per heavy atom. The second-order valence-corrected chi connectivity index (χ2v) is 6.88. The zero-order chi connectivity index (χ0) is 19.2. The molecule has 0 aliphatic carbocycles. The Balaban J connectivity index is 1.50. The maximum Gasteiger partial charge on any atom is 0.272 e. The van der Waals surface area contributed by atoms with Crippen molar-refractivity contribution in [2.45, 2.75) is 26.4 Å². The first kappa shape index (κ1) is 18.9. The number of hydrogen-bond donors (Lipinski definition) is 0. The number of carbonyl (C=O) groups excluding carboxylic acids is 2. The van der Waals surface area contributed by atoms with Crippen LogP contribution >= 0.6 is 0 Å². The lowest BCUT2D eigenvalue weighted by Gasteiger charge is -2.34. The molecule has 0 spiro atoms. The lowest BCUT2D eigenvalue weighted by atomic mass is 10.1. The Morgan fingerprint density at radius 1 is 1.00 bits per heavy atom. The third-order valence-electron chi connectivity index (χ3n) is 4.45. The summed E-state index contributed by atoms with van der Waals surface area (Å²) in [7, 11) is 0. The van der Waals surface area contributed by atoms with Crippen molar-refractivity contribution in [3.05, 3.63) is 59.9 Å². The van der Waals surface area contributed by atoms with Crippen LogP contribution in [0.5, 0.6) is 5.75 Å². The molecule has 2 heterocycles. The van der Waals surface area contributed by atoms with Gasteiger partial charge in [-0.05, 0) is 43.7 Å². The lowest BCUT2D eigenvalue weighted by molar-refractivity contribution is -0.131. The monoisotopic (exact) mass is 367 g/mol. The zero-order valence-electron chi connectivity index (χ0n) is 15.8. The average Bonchev–Trinajstić information content (AvgIpc) is 2.69. The van der Waals surface area contributed by atoms with Gasteiger partial charge in [-0.25, -0.2) is 0 Å². The van der Waals surface area contributed by atoms with E-state index >= 15 is 0 Å². The number of rotatable bonds is 5. The van der Waals surface area contributed by atoms with Crippen molar-refractivity contribution in [1.82, 2.24) is 14.8 Å². The minimum absolute atomic E-state index is 0.0801. The summed E-state index contributed by atoms with van der Waals surface area (Å²) in [4.78, 5) is 32.7. The molecular weight excluding hydrogens is 342 g/mol. The Morgan fingerprint density at radius 3 is 2.26 bits per heavy atom. The molecule has 27 heavy (non-hydrogen) atoms. The Bertz CT molecular complexity index is 767. The van der Waals surface area contributed by atoms with E-state index in [1.807, 2.05) is 43.0 Å². The van der Waals surface area contributed by atoms with Gasteiger partial charge >= 0.3 is 0 Å². The molecule has 1 aromatic carbocycles. The molecule has 1 fully saturated rings. The SMILES string of the molecule is CC(C)Oc1ccc(CC(=O)N2CCN(C(=O)c3ccccn3)CC2)cc1. The molecule has 1 aliphatic rings. The minimum Gasteiger partial charge on any atom is -0.491 e. The number of ether oxygens (including phenoxy) is 1. The van der Waals surface area contributed by atoms with Crippen molar-refractivity contribution >= 4 is 11.8 Å². The van der Waals surface area contributed by atoms with Crippen LogP contribution in [0.1, 0.15) is 29.9 Å². The lowest BCUT2D eigenvalue weighted by Crippen LogP contribution is -2.51. The van der Waals surface area contributed by atoms with Crippen molar-refractivity contribution < 1.29 is 14.3 Å². The fourth-order valence-corrected chi connectivity index (χ4v) is 3.05. The standard InChI is InChI=1S/C21H25N3O3/c1-16(2)27-18-8-6-17(7-9-18)15-20(25)23-11-13-24(14-12-23)21(26)19-5-3-4-10-22-19/h3-10,16H,11-15H2,1-2H3. The molecule has 1 aromatic heterocycles. The first-order valence-corrected chi connectivity index (χ1v) is 9.26. The minimum atomic E-state index is -0.0801. The fourth-order valence-electron chi connectivity index (χ4n) is 3.05. The van der Waals surface area contributed by atoms with Gasteiger partial charge in [0.25, 0.3) is 5.91 Å². The van der Waals surface area contributed by atoms with E-state index in [2.05, 4.69) is 4.98 Å². The number of hydrogen-bond acceptors (Lipinski definition) is 4. The number of carbonyl (C=O) groups is 2. The Labute approximate surface area is 159 Å². The van der Waals surface area contributed by atoms with E-state index < -0.39 is 0 Å². The van der Waals surface area contributed by atoms with E-state index in [0.717, 1.165) is 11.3 Å². The molecule has 0 unspecified atom stereocenters. The number of nitrogens with zero attached hydrogens (tertiary/aromatic N) is 3. The van der Waals surface area contributed by atoms with Crippen LogP contribution in [-0.4, -0.2) is 58.9 Å². The van der Waals surface area contributed by atoms with Crippen LogP contribution in [0.25, 0.3) is 0 Å². The van der Waals surface area contributed by atoms with Crippen molar-refractivity contribution in [3.63, 3.8) is 0 Å². The molecule has 0 N–H and O–H groups in total. The number of pyridine rings is 1. The molecule has 6 heteroatoms. The molecule has 142 valence electrons. The highest BCUT2D eigenvalue weighted by atomic mass is 16.5. The summed E-state index contributed by atoms with van der Waals surface area (Å²) in [5.74, 6) is 0.809. The van der Waals surface area contributed by atoms with Crippen molar-refractivity contribution in [2.24, 2.45) is 0 Å². The van der Waals surface area contributed by atoms with E-state index in [-0.39, 0.29) is 17.9 Å². The number of amides is 2. The smallest absolute Gasteiger partial charge is 0.272 e. The molecule has 2 aromatic rings. The van der Waals surface area contributed by atoms with Gasteiger partial charge in [-0.2, -0.15) is 0 Å². The van der Waals surface area contributed by atoms with Crippen molar-refractivity contribution in [3.8, 4) is 5.75 Å². The van der Waals surface area contributed by atoms with Crippen LogP contribution in [-0.2, 0) is 11.2 Å². The summed E-state index contributed by atoms with van der Waals surface area (Å²) in [6.07, 6.45) is 2.10. The van der Waals surface area contributed by atoms with Gasteiger partial charge in [-0.1, -0.05) is 18.2 Å². The van der Waals surface area contributed by atoms with Crippen molar-refractivity contribution in [1.29, 1.82) is 0 Å². The highest BCUT2D eigenvalue weighted by molar-refractivity contribution is 5.92. The van der Waals surface area contributed by atoms with Crippen LogP contribution in [0.4, 0.5) is 0 Å². The normalized spacial score (nSPS) is 14.3.